The number of fused-ring (bicyclic) bond motifs is 1. The summed E-state index contributed by atoms with van der Waals surface area (Å²) in [5.74, 6) is 4.91. The summed E-state index contributed by atoms with van der Waals surface area (Å²) < 4.78 is 62.8. The Bertz CT molecular complexity index is 1390. The second kappa shape index (κ2) is 11.5. The molecular formula is C27H26F3N3O4S. The van der Waals surface area contributed by atoms with Crippen LogP contribution in [0, 0.1) is 11.8 Å². The van der Waals surface area contributed by atoms with Crippen molar-refractivity contribution >= 4 is 33.7 Å². The Hall–Kier alpha value is -3.43. The molecule has 1 saturated heterocycles. The molecule has 1 aliphatic rings. The number of nitrogens with zero attached hydrogens (tertiary/aromatic N) is 3. The lowest BCUT2D eigenvalue weighted by Crippen LogP contribution is -2.57. The normalized spacial score (nSPS) is 16.2. The van der Waals surface area contributed by atoms with E-state index in [9.17, 15) is 26.7 Å². The van der Waals surface area contributed by atoms with E-state index in [0.717, 1.165) is 11.8 Å². The van der Waals surface area contributed by atoms with Gasteiger partial charge >= 0.3 is 12.1 Å². The van der Waals surface area contributed by atoms with Crippen LogP contribution in [0.4, 0.5) is 18.9 Å². The van der Waals surface area contributed by atoms with Gasteiger partial charge in [-0.25, -0.2) is 9.22 Å². The smallest absolute Gasteiger partial charge is 0.417 e. The monoisotopic (exact) mass is 545 g/mol. The second-order valence-electron chi connectivity index (χ2n) is 8.96. The molecule has 200 valence electrons. The number of halogens is 3. The van der Waals surface area contributed by atoms with Gasteiger partial charge in [0.15, 0.2) is 0 Å². The summed E-state index contributed by atoms with van der Waals surface area (Å²) in [5.41, 5.74) is 1.44. The van der Waals surface area contributed by atoms with Crippen LogP contribution in [0.2, 0.25) is 0 Å². The van der Waals surface area contributed by atoms with Gasteiger partial charge in [-0.2, -0.15) is 13.2 Å². The fourth-order valence-electron chi connectivity index (χ4n) is 4.51. The van der Waals surface area contributed by atoms with Gasteiger partial charge in [-0.1, -0.05) is 30.0 Å². The van der Waals surface area contributed by atoms with Crippen molar-refractivity contribution in [2.24, 2.45) is 0 Å². The van der Waals surface area contributed by atoms with Crippen molar-refractivity contribution in [3.8, 4) is 11.8 Å². The fourth-order valence-corrected chi connectivity index (χ4v) is 5.25. The Labute approximate surface area is 220 Å². The van der Waals surface area contributed by atoms with E-state index >= 15 is 0 Å². The van der Waals surface area contributed by atoms with E-state index in [1.54, 1.807) is 30.1 Å². The van der Waals surface area contributed by atoms with Crippen LogP contribution >= 0.6 is 0 Å². The maximum Gasteiger partial charge on any atom is 0.417 e. The summed E-state index contributed by atoms with van der Waals surface area (Å²) in [7, 11) is 0. The van der Waals surface area contributed by atoms with Crippen LogP contribution in [0.3, 0.4) is 0 Å². The van der Waals surface area contributed by atoms with Crippen molar-refractivity contribution in [1.82, 2.24) is 9.42 Å². The van der Waals surface area contributed by atoms with Crippen molar-refractivity contribution in [3.63, 3.8) is 0 Å². The molecule has 1 aliphatic heterocycles. The fraction of sp³-hybridized carbons (Fsp3) is 0.296. The summed E-state index contributed by atoms with van der Waals surface area (Å²) in [6, 6.07) is 15.7. The largest absolute Gasteiger partial charge is 0.481 e. The Kier molecular flexibility index (Phi) is 8.38. The minimum atomic E-state index is -4.45. The lowest BCUT2D eigenvalue weighted by molar-refractivity contribution is -0.139. The predicted octanol–water partition coefficient (Wildman–Crippen LogP) is 4.60. The maximum atomic E-state index is 13.4. The van der Waals surface area contributed by atoms with Gasteiger partial charge in [0, 0.05) is 49.0 Å². The molecule has 4 rings (SSSR count). The molecule has 0 radical (unpaired) electrons. The Morgan fingerprint density at radius 2 is 1.66 bits per heavy atom. The molecule has 11 heteroatoms. The third kappa shape index (κ3) is 6.52. The molecule has 3 aromatic rings. The number of hydrogen-bond acceptors (Lipinski definition) is 4. The minimum Gasteiger partial charge on any atom is -0.481 e. The number of anilines is 1. The summed E-state index contributed by atoms with van der Waals surface area (Å²) >= 11 is -2.33. The van der Waals surface area contributed by atoms with E-state index in [1.165, 1.54) is 16.5 Å². The average molecular weight is 546 g/mol. The van der Waals surface area contributed by atoms with Gasteiger partial charge in [0.2, 0.25) is 11.3 Å². The first kappa shape index (κ1) is 27.6. The molecule has 0 aliphatic carbocycles. The van der Waals surface area contributed by atoms with E-state index in [-0.39, 0.29) is 11.8 Å². The molecule has 2 N–H and O–H groups in total. The lowest BCUT2D eigenvalue weighted by Gasteiger charge is -2.41. The number of aliphatic carboxylic acids is 1. The van der Waals surface area contributed by atoms with Crippen LogP contribution in [-0.2, 0) is 22.2 Å². The lowest BCUT2D eigenvalue weighted by atomic mass is 10.0. The van der Waals surface area contributed by atoms with Crippen molar-refractivity contribution < 1.29 is 31.8 Å². The molecule has 3 aromatic carbocycles. The molecule has 0 saturated carbocycles. The molecule has 0 bridgehead atoms. The highest BCUT2D eigenvalue weighted by atomic mass is 32.2. The van der Waals surface area contributed by atoms with E-state index < -0.39 is 35.0 Å². The zero-order valence-electron chi connectivity index (χ0n) is 20.5. The van der Waals surface area contributed by atoms with Gasteiger partial charge in [0.05, 0.1) is 12.0 Å². The summed E-state index contributed by atoms with van der Waals surface area (Å²) in [6.07, 6.45) is -4.70. The molecule has 0 spiro atoms. The first-order valence-corrected chi connectivity index (χ1v) is 12.9. The average Bonchev–Trinajstić information content (AvgIpc) is 2.86. The minimum absolute atomic E-state index is 0.113. The van der Waals surface area contributed by atoms with Crippen molar-refractivity contribution in [2.75, 3.05) is 31.1 Å². The molecule has 1 fully saturated rings. The molecule has 0 aromatic heterocycles. The first-order valence-electron chi connectivity index (χ1n) is 11.9. The van der Waals surface area contributed by atoms with E-state index in [2.05, 4.69) is 16.7 Å². The Morgan fingerprint density at radius 1 is 1.03 bits per heavy atom. The predicted molar refractivity (Wildman–Crippen MR) is 139 cm³/mol. The maximum absolute atomic E-state index is 13.4. The van der Waals surface area contributed by atoms with Crippen molar-refractivity contribution in [3.05, 3.63) is 77.4 Å². The topological polar surface area (TPSA) is 84.3 Å². The van der Waals surface area contributed by atoms with Gasteiger partial charge in [0.1, 0.15) is 0 Å². The van der Waals surface area contributed by atoms with E-state index in [1.807, 2.05) is 24.3 Å². The van der Waals surface area contributed by atoms with Crippen LogP contribution in [-0.4, -0.2) is 61.5 Å². The van der Waals surface area contributed by atoms with Crippen molar-refractivity contribution in [1.29, 1.82) is 0 Å². The number of carboxylic acid groups (broad SMARTS) is 1. The SMILES string of the molecule is CC(CC(=O)O)N(N1CCN(c2ccc(C#Cc3ccc4cccc(C(F)(F)F)c4c3)cc2)CC1)S(=O)O. The molecule has 7 nitrogen and oxygen atoms in total. The molecule has 2 atom stereocenters. The standard InChI is InChI=1S/C27H26F3N3O4S/c1-19(17-26(34)35)33(38(36)37)32-15-13-31(14-16-32)23-11-8-20(9-12-23)5-6-21-7-10-22-3-2-4-25(24(22)18-21)27(28,29)30/h2-4,7-12,18-19H,13-17H2,1H3,(H,34,35)(H,36,37). The number of benzene rings is 3. The number of hydrazine groups is 1. The van der Waals surface area contributed by atoms with Crippen LogP contribution in [0.1, 0.15) is 30.0 Å². The molecule has 38 heavy (non-hydrogen) atoms. The third-order valence-corrected chi connectivity index (χ3v) is 7.22. The summed E-state index contributed by atoms with van der Waals surface area (Å²) in [6.45, 7) is 3.62. The van der Waals surface area contributed by atoms with Gasteiger partial charge < -0.3 is 10.0 Å². The number of rotatable bonds is 6. The van der Waals surface area contributed by atoms with Crippen LogP contribution < -0.4 is 4.90 Å². The first-order chi connectivity index (χ1) is 18.0. The number of piperazine rings is 1. The van der Waals surface area contributed by atoms with Gasteiger partial charge in [0.25, 0.3) is 0 Å². The number of hydrogen-bond donors (Lipinski definition) is 2. The third-order valence-electron chi connectivity index (χ3n) is 6.31. The zero-order valence-corrected chi connectivity index (χ0v) is 21.3. The quantitative estimate of drug-likeness (QED) is 0.348. The van der Waals surface area contributed by atoms with Crippen LogP contribution in [0.25, 0.3) is 10.8 Å². The second-order valence-corrected chi connectivity index (χ2v) is 9.79. The zero-order chi connectivity index (χ0) is 27.4. The molecule has 2 unspecified atom stereocenters. The highest BCUT2D eigenvalue weighted by Crippen LogP contribution is 2.35. The molecular weight excluding hydrogens is 519 g/mol. The van der Waals surface area contributed by atoms with Gasteiger partial charge in [-0.3, -0.25) is 9.35 Å². The molecule has 0 amide bonds. The summed E-state index contributed by atoms with van der Waals surface area (Å²) in [5, 5.41) is 11.3. The van der Waals surface area contributed by atoms with E-state index in [0.29, 0.717) is 42.7 Å². The van der Waals surface area contributed by atoms with Gasteiger partial charge in [-0.15, -0.1) is 4.41 Å². The van der Waals surface area contributed by atoms with E-state index in [4.69, 9.17) is 5.11 Å². The van der Waals surface area contributed by atoms with Gasteiger partial charge in [-0.05, 0) is 60.2 Å². The van der Waals surface area contributed by atoms with Crippen molar-refractivity contribution in [2.45, 2.75) is 25.6 Å². The Morgan fingerprint density at radius 3 is 2.26 bits per heavy atom. The summed E-state index contributed by atoms with van der Waals surface area (Å²) in [4.78, 5) is 13.1. The van der Waals surface area contributed by atoms with Crippen LogP contribution in [0.15, 0.2) is 60.7 Å². The Balaban J connectivity index is 1.43. The van der Waals surface area contributed by atoms with Crippen LogP contribution in [0.5, 0.6) is 0 Å². The highest BCUT2D eigenvalue weighted by Gasteiger charge is 2.32. The number of carboxylic acids is 1. The highest BCUT2D eigenvalue weighted by molar-refractivity contribution is 7.76. The molecule has 1 heterocycles. The number of carbonyl (C=O) groups is 1. The number of alkyl halides is 3.